The van der Waals surface area contributed by atoms with Gasteiger partial charge in [-0.3, -0.25) is 0 Å². The first kappa shape index (κ1) is 14.5. The van der Waals surface area contributed by atoms with Crippen molar-refractivity contribution in [3.05, 3.63) is 35.2 Å². The molecule has 1 aromatic heterocycles. The molecule has 0 aliphatic rings. The normalized spacial score (nSPS) is 11.4. The van der Waals surface area contributed by atoms with Crippen LogP contribution in [0.5, 0.6) is 0 Å². The van der Waals surface area contributed by atoms with Crippen molar-refractivity contribution in [2.24, 2.45) is 5.73 Å². The molecule has 10 heteroatoms. The van der Waals surface area contributed by atoms with Crippen molar-refractivity contribution in [3.8, 4) is 0 Å². The van der Waals surface area contributed by atoms with Crippen molar-refractivity contribution in [3.63, 3.8) is 0 Å². The summed E-state index contributed by atoms with van der Waals surface area (Å²) in [7, 11) is -3.71. The molecular formula is C10H12N6O2S2. The average Bonchev–Trinajstić information content (AvgIpc) is 2.89. The minimum atomic E-state index is -3.71. The third kappa shape index (κ3) is 3.15. The second-order valence-corrected chi connectivity index (χ2v) is 6.17. The van der Waals surface area contributed by atoms with Crippen molar-refractivity contribution in [2.45, 2.75) is 18.4 Å². The zero-order valence-corrected chi connectivity index (χ0v) is 12.1. The maximum atomic E-state index is 12.2. The molecule has 0 aliphatic carbocycles. The molecule has 0 bridgehead atoms. The van der Waals surface area contributed by atoms with E-state index in [0.717, 1.165) is 0 Å². The maximum absolute atomic E-state index is 12.2. The quantitative estimate of drug-likeness (QED) is 0.642. The third-order valence-electron chi connectivity index (χ3n) is 2.57. The van der Waals surface area contributed by atoms with Gasteiger partial charge < -0.3 is 5.73 Å². The first-order valence-electron chi connectivity index (χ1n) is 5.52. The number of nitrogens with zero attached hydrogens (tertiary/aromatic N) is 3. The van der Waals surface area contributed by atoms with E-state index in [1.807, 2.05) is 0 Å². The lowest BCUT2D eigenvalue weighted by atomic mass is 10.1. The molecule has 106 valence electrons. The minimum absolute atomic E-state index is 0.0599. The van der Waals surface area contributed by atoms with Crippen molar-refractivity contribution < 1.29 is 8.42 Å². The highest BCUT2D eigenvalue weighted by atomic mass is 32.2. The van der Waals surface area contributed by atoms with E-state index in [0.29, 0.717) is 11.1 Å². The van der Waals surface area contributed by atoms with E-state index < -0.39 is 10.0 Å². The molecule has 0 spiro atoms. The number of benzene rings is 1. The molecule has 0 radical (unpaired) electrons. The Morgan fingerprint density at radius 3 is 2.85 bits per heavy atom. The summed E-state index contributed by atoms with van der Waals surface area (Å²) in [5, 5.41) is 12.9. The first-order valence-corrected chi connectivity index (χ1v) is 7.42. The van der Waals surface area contributed by atoms with Crippen LogP contribution in [-0.2, 0) is 16.6 Å². The smallest absolute Gasteiger partial charge is 0.241 e. The van der Waals surface area contributed by atoms with Gasteiger partial charge in [0, 0.05) is 5.56 Å². The molecule has 0 fully saturated rings. The molecule has 2 rings (SSSR count). The number of aromatic nitrogens is 4. The Labute approximate surface area is 120 Å². The lowest BCUT2D eigenvalue weighted by Crippen LogP contribution is -2.25. The number of hydrogen-bond acceptors (Lipinski definition) is 6. The summed E-state index contributed by atoms with van der Waals surface area (Å²) in [6, 6.07) is 4.77. The lowest BCUT2D eigenvalue weighted by molar-refractivity contribution is 0.578. The Bertz CT molecular complexity index is 726. The predicted octanol–water partition coefficient (Wildman–Crippen LogP) is -0.379. The molecule has 1 heterocycles. The number of thiocarbonyl (C=S) groups is 1. The van der Waals surface area contributed by atoms with Crippen LogP contribution in [0.3, 0.4) is 0 Å². The van der Waals surface area contributed by atoms with Crippen LogP contribution in [0.1, 0.15) is 17.0 Å². The van der Waals surface area contributed by atoms with Crippen LogP contribution >= 0.6 is 12.2 Å². The molecule has 0 unspecified atom stereocenters. The summed E-state index contributed by atoms with van der Waals surface area (Å²) in [4.78, 5) is 0.255. The molecule has 0 aliphatic heterocycles. The van der Waals surface area contributed by atoms with Crippen molar-refractivity contribution in [1.29, 1.82) is 0 Å². The van der Waals surface area contributed by atoms with Gasteiger partial charge in [-0.05, 0) is 18.6 Å². The standard InChI is InChI=1S/C10H12N6O2S2/c1-6-2-3-7(10(11)19)4-8(6)20(17,18)12-5-9-13-15-16-14-9/h2-4,12H,5H2,1H3,(H2,11,19)(H,13,14,15,16). The number of aromatic amines is 1. The number of rotatable bonds is 5. The number of sulfonamides is 1. The number of nitrogens with two attached hydrogens (primary N) is 1. The monoisotopic (exact) mass is 312 g/mol. The summed E-state index contributed by atoms with van der Waals surface area (Å²) in [5.41, 5.74) is 6.59. The zero-order chi connectivity index (χ0) is 14.8. The van der Waals surface area contributed by atoms with Gasteiger partial charge in [0.2, 0.25) is 10.0 Å². The SMILES string of the molecule is Cc1ccc(C(N)=S)cc1S(=O)(=O)NCc1nn[nH]n1. The number of hydrogen-bond donors (Lipinski definition) is 3. The van der Waals surface area contributed by atoms with Crippen LogP contribution in [0.25, 0.3) is 0 Å². The largest absolute Gasteiger partial charge is 0.389 e. The van der Waals surface area contributed by atoms with E-state index in [1.54, 1.807) is 19.1 Å². The van der Waals surface area contributed by atoms with Crippen molar-refractivity contribution >= 4 is 27.2 Å². The van der Waals surface area contributed by atoms with Gasteiger partial charge >= 0.3 is 0 Å². The molecule has 8 nitrogen and oxygen atoms in total. The summed E-state index contributed by atoms with van der Waals surface area (Å²) >= 11 is 4.85. The summed E-state index contributed by atoms with van der Waals surface area (Å²) in [6.07, 6.45) is 0. The van der Waals surface area contributed by atoms with Crippen LogP contribution < -0.4 is 10.5 Å². The van der Waals surface area contributed by atoms with Gasteiger partial charge in [-0.25, -0.2) is 13.1 Å². The van der Waals surface area contributed by atoms with Crippen LogP contribution in [0.4, 0.5) is 0 Å². The fourth-order valence-corrected chi connectivity index (χ4v) is 2.91. The Balaban J connectivity index is 2.28. The average molecular weight is 312 g/mol. The molecule has 0 saturated heterocycles. The third-order valence-corrected chi connectivity index (χ3v) is 4.35. The van der Waals surface area contributed by atoms with Crippen molar-refractivity contribution in [2.75, 3.05) is 0 Å². The van der Waals surface area contributed by atoms with Gasteiger partial charge in [0.25, 0.3) is 0 Å². The van der Waals surface area contributed by atoms with Crippen LogP contribution in [0.2, 0.25) is 0 Å². The van der Waals surface area contributed by atoms with Crippen LogP contribution in [0, 0.1) is 6.92 Å². The highest BCUT2D eigenvalue weighted by Crippen LogP contribution is 2.17. The van der Waals surface area contributed by atoms with E-state index in [9.17, 15) is 8.42 Å². The van der Waals surface area contributed by atoms with Gasteiger partial charge in [-0.2, -0.15) is 5.21 Å². The van der Waals surface area contributed by atoms with E-state index in [2.05, 4.69) is 25.3 Å². The topological polar surface area (TPSA) is 127 Å². The fourth-order valence-electron chi connectivity index (χ4n) is 1.54. The molecule has 20 heavy (non-hydrogen) atoms. The number of H-pyrrole nitrogens is 1. The van der Waals surface area contributed by atoms with Crippen LogP contribution in [0.15, 0.2) is 23.1 Å². The minimum Gasteiger partial charge on any atom is -0.389 e. The lowest BCUT2D eigenvalue weighted by Gasteiger charge is -2.09. The second-order valence-electron chi connectivity index (χ2n) is 4.00. The summed E-state index contributed by atoms with van der Waals surface area (Å²) in [5.74, 6) is 0.247. The summed E-state index contributed by atoms with van der Waals surface area (Å²) in [6.45, 7) is 1.63. The Kier molecular flexibility index (Phi) is 4.06. The van der Waals surface area contributed by atoms with Gasteiger partial charge in [-0.1, -0.05) is 29.6 Å². The molecule has 4 N–H and O–H groups in total. The van der Waals surface area contributed by atoms with Gasteiger partial charge in [0.1, 0.15) is 4.99 Å². The maximum Gasteiger partial charge on any atom is 0.241 e. The van der Waals surface area contributed by atoms with Crippen LogP contribution in [-0.4, -0.2) is 34.0 Å². The van der Waals surface area contributed by atoms with E-state index in [1.165, 1.54) is 6.07 Å². The summed E-state index contributed by atoms with van der Waals surface area (Å²) < 4.78 is 26.9. The van der Waals surface area contributed by atoms with Gasteiger partial charge in [-0.15, -0.1) is 10.2 Å². The second kappa shape index (κ2) is 5.61. The highest BCUT2D eigenvalue weighted by molar-refractivity contribution is 7.89. The highest BCUT2D eigenvalue weighted by Gasteiger charge is 2.18. The predicted molar refractivity (Wildman–Crippen MR) is 75.3 cm³/mol. The number of aryl methyl sites for hydroxylation is 1. The van der Waals surface area contributed by atoms with E-state index >= 15 is 0 Å². The molecule has 2 aromatic rings. The van der Waals surface area contributed by atoms with E-state index in [-0.39, 0.29) is 22.3 Å². The number of nitrogens with one attached hydrogen (secondary N) is 2. The zero-order valence-electron chi connectivity index (χ0n) is 10.5. The molecule has 0 saturated carbocycles. The number of tetrazole rings is 1. The molecule has 0 amide bonds. The molecule has 0 atom stereocenters. The Morgan fingerprint density at radius 2 is 2.25 bits per heavy atom. The Morgan fingerprint density at radius 1 is 1.50 bits per heavy atom. The molecular weight excluding hydrogens is 300 g/mol. The Hall–Kier alpha value is -1.91. The van der Waals surface area contributed by atoms with Gasteiger partial charge in [0.05, 0.1) is 11.4 Å². The first-order chi connectivity index (χ1) is 9.40. The van der Waals surface area contributed by atoms with E-state index in [4.69, 9.17) is 18.0 Å². The van der Waals surface area contributed by atoms with Gasteiger partial charge in [0.15, 0.2) is 5.82 Å². The fraction of sp³-hybridized carbons (Fsp3) is 0.200. The molecule has 1 aromatic carbocycles. The van der Waals surface area contributed by atoms with Crippen molar-refractivity contribution in [1.82, 2.24) is 25.3 Å².